The van der Waals surface area contributed by atoms with Crippen LogP contribution < -0.4 is 5.32 Å². The van der Waals surface area contributed by atoms with Crippen molar-refractivity contribution in [1.82, 2.24) is 14.8 Å². The summed E-state index contributed by atoms with van der Waals surface area (Å²) in [5.74, 6) is 0.0138. The van der Waals surface area contributed by atoms with E-state index in [2.05, 4.69) is 10.3 Å². The average Bonchev–Trinajstić information content (AvgIpc) is 2.67. The first kappa shape index (κ1) is 17.0. The molecule has 0 radical (unpaired) electrons. The van der Waals surface area contributed by atoms with E-state index in [9.17, 15) is 9.59 Å². The maximum atomic E-state index is 12.7. The second-order valence-corrected chi connectivity index (χ2v) is 6.10. The van der Waals surface area contributed by atoms with Crippen LogP contribution in [0, 0.1) is 0 Å². The van der Waals surface area contributed by atoms with Crippen molar-refractivity contribution in [2.75, 3.05) is 31.5 Å². The van der Waals surface area contributed by atoms with Crippen LogP contribution in [-0.4, -0.2) is 52.8 Å². The van der Waals surface area contributed by atoms with Gasteiger partial charge in [-0.3, -0.25) is 14.6 Å². The zero-order chi connectivity index (χ0) is 17.6. The summed E-state index contributed by atoms with van der Waals surface area (Å²) in [6.45, 7) is 4.52. The van der Waals surface area contributed by atoms with Crippen LogP contribution in [0.5, 0.6) is 0 Å². The molecule has 3 rings (SSSR count). The van der Waals surface area contributed by atoms with Crippen molar-refractivity contribution in [2.24, 2.45) is 0 Å². The van der Waals surface area contributed by atoms with Crippen molar-refractivity contribution in [3.05, 3.63) is 59.9 Å². The molecule has 0 unspecified atom stereocenters. The number of benzene rings is 1. The normalized spacial score (nSPS) is 14.3. The molecule has 2 aromatic rings. The number of nitrogens with one attached hydrogen (secondary N) is 1. The molecule has 0 bridgehead atoms. The Morgan fingerprint density at radius 3 is 2.40 bits per heavy atom. The Labute approximate surface area is 147 Å². The summed E-state index contributed by atoms with van der Waals surface area (Å²) in [4.78, 5) is 31.8. The second kappa shape index (κ2) is 7.79. The molecule has 1 aromatic heterocycles. The zero-order valence-electron chi connectivity index (χ0n) is 14.3. The number of piperazine rings is 1. The average molecular weight is 338 g/mol. The molecule has 1 aliphatic heterocycles. The molecule has 0 saturated carbocycles. The van der Waals surface area contributed by atoms with Crippen LogP contribution in [0.1, 0.15) is 22.8 Å². The lowest BCUT2D eigenvalue weighted by molar-refractivity contribution is -0.130. The maximum Gasteiger partial charge on any atom is 0.255 e. The number of rotatable bonds is 4. The van der Waals surface area contributed by atoms with Crippen molar-refractivity contribution in [3.8, 4) is 0 Å². The molecule has 130 valence electrons. The predicted octanol–water partition coefficient (Wildman–Crippen LogP) is 2.00. The maximum absolute atomic E-state index is 12.7. The van der Waals surface area contributed by atoms with Gasteiger partial charge in [-0.05, 0) is 11.6 Å². The Morgan fingerprint density at radius 2 is 1.72 bits per heavy atom. The number of hydrogen-bond donors (Lipinski definition) is 1. The van der Waals surface area contributed by atoms with Gasteiger partial charge in [-0.15, -0.1) is 0 Å². The van der Waals surface area contributed by atoms with Gasteiger partial charge >= 0.3 is 0 Å². The zero-order valence-corrected chi connectivity index (χ0v) is 14.3. The first-order valence-electron chi connectivity index (χ1n) is 8.41. The highest BCUT2D eigenvalue weighted by Crippen LogP contribution is 2.14. The minimum absolute atomic E-state index is 0.0425. The van der Waals surface area contributed by atoms with Gasteiger partial charge < -0.3 is 15.1 Å². The van der Waals surface area contributed by atoms with E-state index < -0.39 is 0 Å². The fourth-order valence-electron chi connectivity index (χ4n) is 2.86. The quantitative estimate of drug-likeness (QED) is 0.926. The molecule has 1 saturated heterocycles. The molecule has 2 heterocycles. The molecule has 1 aromatic carbocycles. The summed E-state index contributed by atoms with van der Waals surface area (Å²) in [6.07, 6.45) is 3.31. The molecule has 0 spiro atoms. The molecule has 0 aliphatic carbocycles. The summed E-state index contributed by atoms with van der Waals surface area (Å²) >= 11 is 0. The number of amides is 2. The highest BCUT2D eigenvalue weighted by molar-refractivity contribution is 5.95. The lowest BCUT2D eigenvalue weighted by Crippen LogP contribution is -2.50. The fraction of sp³-hybridized carbons (Fsp3) is 0.316. The highest BCUT2D eigenvalue weighted by atomic mass is 16.2. The van der Waals surface area contributed by atoms with Crippen molar-refractivity contribution in [1.29, 1.82) is 0 Å². The van der Waals surface area contributed by atoms with Gasteiger partial charge in [0.15, 0.2) is 0 Å². The molecule has 6 heteroatoms. The van der Waals surface area contributed by atoms with E-state index in [-0.39, 0.29) is 11.8 Å². The molecular weight excluding hydrogens is 316 g/mol. The van der Waals surface area contributed by atoms with Gasteiger partial charge in [-0.1, -0.05) is 30.3 Å². The third kappa shape index (κ3) is 4.35. The lowest BCUT2D eigenvalue weighted by Gasteiger charge is -2.34. The van der Waals surface area contributed by atoms with Gasteiger partial charge in [-0.25, -0.2) is 0 Å². The van der Waals surface area contributed by atoms with Crippen molar-refractivity contribution in [2.45, 2.75) is 13.5 Å². The molecule has 1 aliphatic rings. The fourth-order valence-corrected chi connectivity index (χ4v) is 2.86. The number of hydrogen-bond acceptors (Lipinski definition) is 4. The third-order valence-electron chi connectivity index (χ3n) is 4.34. The molecular formula is C19H22N4O2. The van der Waals surface area contributed by atoms with Crippen LogP contribution in [0.3, 0.4) is 0 Å². The first-order chi connectivity index (χ1) is 12.1. The van der Waals surface area contributed by atoms with Crippen LogP contribution in [0.4, 0.5) is 5.69 Å². The van der Waals surface area contributed by atoms with Gasteiger partial charge in [0.1, 0.15) is 0 Å². The van der Waals surface area contributed by atoms with Gasteiger partial charge in [0, 0.05) is 52.0 Å². The number of anilines is 1. The van der Waals surface area contributed by atoms with Gasteiger partial charge in [0.2, 0.25) is 5.91 Å². The Kier molecular flexibility index (Phi) is 5.28. The van der Waals surface area contributed by atoms with Gasteiger partial charge in [0.05, 0.1) is 11.3 Å². The van der Waals surface area contributed by atoms with Crippen molar-refractivity contribution >= 4 is 17.5 Å². The van der Waals surface area contributed by atoms with Crippen LogP contribution in [0.15, 0.2) is 48.8 Å². The van der Waals surface area contributed by atoms with Crippen LogP contribution in [0.25, 0.3) is 0 Å². The van der Waals surface area contributed by atoms with Crippen molar-refractivity contribution < 1.29 is 9.59 Å². The molecule has 2 amide bonds. The number of nitrogens with zero attached hydrogens (tertiary/aromatic N) is 3. The number of carbonyl (C=O) groups excluding carboxylic acids is 2. The molecule has 6 nitrogen and oxygen atoms in total. The van der Waals surface area contributed by atoms with Crippen molar-refractivity contribution in [3.63, 3.8) is 0 Å². The monoisotopic (exact) mass is 338 g/mol. The Balaban J connectivity index is 1.61. The standard InChI is InChI=1S/C19H22N4O2/c1-15(24)22-7-9-23(10-8-22)19(25)17-11-18(14-20-13-17)21-12-16-5-3-2-4-6-16/h2-6,11,13-14,21H,7-10,12H2,1H3. The largest absolute Gasteiger partial charge is 0.380 e. The van der Waals surface area contributed by atoms with E-state index in [4.69, 9.17) is 0 Å². The summed E-state index contributed by atoms with van der Waals surface area (Å²) in [5.41, 5.74) is 2.55. The second-order valence-electron chi connectivity index (χ2n) is 6.10. The lowest BCUT2D eigenvalue weighted by atomic mass is 10.2. The minimum atomic E-state index is -0.0425. The number of pyridine rings is 1. The summed E-state index contributed by atoms with van der Waals surface area (Å²) < 4.78 is 0. The van der Waals surface area contributed by atoms with E-state index in [0.29, 0.717) is 38.3 Å². The summed E-state index contributed by atoms with van der Waals surface area (Å²) in [6, 6.07) is 11.9. The van der Waals surface area contributed by atoms with E-state index >= 15 is 0 Å². The highest BCUT2D eigenvalue weighted by Gasteiger charge is 2.23. The molecule has 1 N–H and O–H groups in total. The van der Waals surface area contributed by atoms with Crippen LogP contribution in [-0.2, 0) is 11.3 Å². The SMILES string of the molecule is CC(=O)N1CCN(C(=O)c2cncc(NCc3ccccc3)c2)CC1. The Hall–Kier alpha value is -2.89. The topological polar surface area (TPSA) is 65.5 Å². The molecule has 25 heavy (non-hydrogen) atoms. The van der Waals surface area contributed by atoms with E-state index in [1.54, 1.807) is 29.1 Å². The van der Waals surface area contributed by atoms with E-state index in [0.717, 1.165) is 5.69 Å². The molecule has 1 fully saturated rings. The summed E-state index contributed by atoms with van der Waals surface area (Å²) in [7, 11) is 0. The van der Waals surface area contributed by atoms with E-state index in [1.807, 2.05) is 36.4 Å². The first-order valence-corrected chi connectivity index (χ1v) is 8.41. The Bertz CT molecular complexity index is 740. The van der Waals surface area contributed by atoms with Gasteiger partial charge in [0.25, 0.3) is 5.91 Å². The number of carbonyl (C=O) groups is 2. The van der Waals surface area contributed by atoms with Crippen LogP contribution in [0.2, 0.25) is 0 Å². The van der Waals surface area contributed by atoms with Gasteiger partial charge in [-0.2, -0.15) is 0 Å². The smallest absolute Gasteiger partial charge is 0.255 e. The minimum Gasteiger partial charge on any atom is -0.380 e. The molecule has 0 atom stereocenters. The summed E-state index contributed by atoms with van der Waals surface area (Å²) in [5, 5.41) is 3.29. The Morgan fingerprint density at radius 1 is 1.04 bits per heavy atom. The van der Waals surface area contributed by atoms with E-state index in [1.165, 1.54) is 5.56 Å². The predicted molar refractivity (Wildman–Crippen MR) is 96.2 cm³/mol. The third-order valence-corrected chi connectivity index (χ3v) is 4.34. The van der Waals surface area contributed by atoms with Crippen LogP contribution >= 0.6 is 0 Å². The number of aromatic nitrogens is 1.